The molecule has 0 aliphatic rings. The Morgan fingerprint density at radius 1 is 1.08 bits per heavy atom. The SMILES string of the molecule is CCCCN(C)C(=O)CCN(C(C)=O)c1ccc(OC)c(OC)c1. The fourth-order valence-electron chi connectivity index (χ4n) is 2.38. The number of benzene rings is 1. The van der Waals surface area contributed by atoms with Crippen LogP contribution < -0.4 is 14.4 Å². The van der Waals surface area contributed by atoms with E-state index in [0.29, 0.717) is 23.7 Å². The molecule has 0 bridgehead atoms. The molecule has 6 nitrogen and oxygen atoms in total. The first-order chi connectivity index (χ1) is 11.4. The first kappa shape index (κ1) is 19.8. The second kappa shape index (κ2) is 9.80. The highest BCUT2D eigenvalue weighted by Crippen LogP contribution is 2.31. The number of hydrogen-bond donors (Lipinski definition) is 0. The molecule has 0 aromatic heterocycles. The lowest BCUT2D eigenvalue weighted by atomic mass is 10.2. The van der Waals surface area contributed by atoms with E-state index in [9.17, 15) is 9.59 Å². The number of carbonyl (C=O) groups is 2. The molecule has 0 saturated carbocycles. The molecular weight excluding hydrogens is 308 g/mol. The molecule has 1 aromatic carbocycles. The van der Waals surface area contributed by atoms with Crippen molar-refractivity contribution in [1.82, 2.24) is 4.90 Å². The molecule has 0 radical (unpaired) electrons. The number of methoxy groups -OCH3 is 2. The maximum atomic E-state index is 12.2. The van der Waals surface area contributed by atoms with Gasteiger partial charge >= 0.3 is 0 Å². The van der Waals surface area contributed by atoms with Gasteiger partial charge in [-0.3, -0.25) is 9.59 Å². The topological polar surface area (TPSA) is 59.1 Å². The lowest BCUT2D eigenvalue weighted by molar-refractivity contribution is -0.129. The van der Waals surface area contributed by atoms with Crippen molar-refractivity contribution in [3.8, 4) is 11.5 Å². The van der Waals surface area contributed by atoms with Crippen LogP contribution in [0.25, 0.3) is 0 Å². The van der Waals surface area contributed by atoms with Crippen LogP contribution >= 0.6 is 0 Å². The molecule has 0 N–H and O–H groups in total. The third kappa shape index (κ3) is 5.44. The highest BCUT2D eigenvalue weighted by molar-refractivity contribution is 5.92. The third-order valence-corrected chi connectivity index (χ3v) is 3.88. The molecule has 0 heterocycles. The van der Waals surface area contributed by atoms with Gasteiger partial charge in [-0.1, -0.05) is 13.3 Å². The molecule has 0 aliphatic heterocycles. The Morgan fingerprint density at radius 3 is 2.29 bits per heavy atom. The predicted molar refractivity (Wildman–Crippen MR) is 94.7 cm³/mol. The number of hydrogen-bond acceptors (Lipinski definition) is 4. The third-order valence-electron chi connectivity index (χ3n) is 3.88. The van der Waals surface area contributed by atoms with Gasteiger partial charge in [-0.2, -0.15) is 0 Å². The molecule has 0 atom stereocenters. The maximum absolute atomic E-state index is 12.2. The maximum Gasteiger partial charge on any atom is 0.224 e. The van der Waals surface area contributed by atoms with Gasteiger partial charge in [-0.25, -0.2) is 0 Å². The Balaban J connectivity index is 2.81. The fraction of sp³-hybridized carbons (Fsp3) is 0.556. The van der Waals surface area contributed by atoms with Gasteiger partial charge in [-0.15, -0.1) is 0 Å². The molecule has 134 valence electrons. The summed E-state index contributed by atoms with van der Waals surface area (Å²) in [4.78, 5) is 27.5. The summed E-state index contributed by atoms with van der Waals surface area (Å²) in [5.41, 5.74) is 0.684. The van der Waals surface area contributed by atoms with Crippen LogP contribution in [0.2, 0.25) is 0 Å². The molecule has 1 rings (SSSR count). The summed E-state index contributed by atoms with van der Waals surface area (Å²) >= 11 is 0. The van der Waals surface area contributed by atoms with E-state index in [1.807, 2.05) is 0 Å². The number of rotatable bonds is 9. The van der Waals surface area contributed by atoms with Crippen molar-refractivity contribution in [2.24, 2.45) is 0 Å². The molecule has 24 heavy (non-hydrogen) atoms. The highest BCUT2D eigenvalue weighted by atomic mass is 16.5. The van der Waals surface area contributed by atoms with Gasteiger partial charge in [0.2, 0.25) is 11.8 Å². The predicted octanol–water partition coefficient (Wildman–Crippen LogP) is 2.71. The Bertz CT molecular complexity index is 560. The second-order valence-corrected chi connectivity index (χ2v) is 5.63. The van der Waals surface area contributed by atoms with Gasteiger partial charge in [0.1, 0.15) is 0 Å². The van der Waals surface area contributed by atoms with Crippen LogP contribution in [0, 0.1) is 0 Å². The summed E-state index contributed by atoms with van der Waals surface area (Å²) < 4.78 is 10.5. The average Bonchev–Trinajstić information content (AvgIpc) is 2.58. The zero-order chi connectivity index (χ0) is 18.1. The van der Waals surface area contributed by atoms with E-state index in [0.717, 1.165) is 19.4 Å². The average molecular weight is 336 g/mol. The second-order valence-electron chi connectivity index (χ2n) is 5.63. The highest BCUT2D eigenvalue weighted by Gasteiger charge is 2.17. The summed E-state index contributed by atoms with van der Waals surface area (Å²) in [5, 5.41) is 0. The molecule has 0 spiro atoms. The Morgan fingerprint density at radius 2 is 1.75 bits per heavy atom. The Labute approximate surface area is 144 Å². The number of amides is 2. The first-order valence-corrected chi connectivity index (χ1v) is 8.18. The van der Waals surface area contributed by atoms with Gasteiger partial charge in [0.15, 0.2) is 11.5 Å². The minimum atomic E-state index is -0.119. The van der Waals surface area contributed by atoms with Crippen molar-refractivity contribution < 1.29 is 19.1 Å². The number of anilines is 1. The van der Waals surface area contributed by atoms with Crippen LogP contribution in [0.4, 0.5) is 5.69 Å². The first-order valence-electron chi connectivity index (χ1n) is 8.18. The van der Waals surface area contributed by atoms with Crippen LogP contribution in [0.1, 0.15) is 33.1 Å². The number of unbranched alkanes of at least 4 members (excludes halogenated alkanes) is 1. The van der Waals surface area contributed by atoms with Crippen LogP contribution in [-0.2, 0) is 9.59 Å². The molecule has 0 fully saturated rings. The lowest BCUT2D eigenvalue weighted by Crippen LogP contribution is -2.35. The molecule has 0 saturated heterocycles. The minimum Gasteiger partial charge on any atom is -0.493 e. The summed E-state index contributed by atoms with van der Waals surface area (Å²) in [6.07, 6.45) is 2.31. The summed E-state index contributed by atoms with van der Waals surface area (Å²) in [7, 11) is 4.91. The van der Waals surface area contributed by atoms with Crippen molar-refractivity contribution >= 4 is 17.5 Å². The standard InChI is InChI=1S/C18H28N2O4/c1-6-7-11-19(3)18(22)10-12-20(14(2)21)15-8-9-16(23-4)17(13-15)24-5/h8-9,13H,6-7,10-12H2,1-5H3. The summed E-state index contributed by atoms with van der Waals surface area (Å²) in [6.45, 7) is 4.65. The van der Waals surface area contributed by atoms with Crippen molar-refractivity contribution in [3.05, 3.63) is 18.2 Å². The molecule has 2 amide bonds. The quantitative estimate of drug-likeness (QED) is 0.696. The van der Waals surface area contributed by atoms with Crippen molar-refractivity contribution in [1.29, 1.82) is 0 Å². The lowest BCUT2D eigenvalue weighted by Gasteiger charge is -2.24. The number of nitrogens with zero attached hydrogens (tertiary/aromatic N) is 2. The van der Waals surface area contributed by atoms with E-state index < -0.39 is 0 Å². The van der Waals surface area contributed by atoms with Crippen LogP contribution in [0.3, 0.4) is 0 Å². The number of ether oxygens (including phenoxy) is 2. The van der Waals surface area contributed by atoms with Crippen LogP contribution in [0.15, 0.2) is 18.2 Å². The van der Waals surface area contributed by atoms with E-state index in [1.54, 1.807) is 49.3 Å². The minimum absolute atomic E-state index is 0.0372. The smallest absolute Gasteiger partial charge is 0.224 e. The molecule has 0 aliphatic carbocycles. The Kier molecular flexibility index (Phi) is 8.09. The van der Waals surface area contributed by atoms with Crippen molar-refractivity contribution in [2.75, 3.05) is 39.3 Å². The summed E-state index contributed by atoms with van der Waals surface area (Å²) in [5.74, 6) is 1.06. The summed E-state index contributed by atoms with van der Waals surface area (Å²) in [6, 6.07) is 5.28. The van der Waals surface area contributed by atoms with Gasteiger partial charge in [0.25, 0.3) is 0 Å². The van der Waals surface area contributed by atoms with Gasteiger partial charge in [-0.05, 0) is 18.6 Å². The van der Waals surface area contributed by atoms with E-state index in [4.69, 9.17) is 9.47 Å². The van der Waals surface area contributed by atoms with Crippen LogP contribution in [-0.4, -0.2) is 51.1 Å². The largest absolute Gasteiger partial charge is 0.493 e. The van der Waals surface area contributed by atoms with Crippen molar-refractivity contribution in [2.45, 2.75) is 33.1 Å². The van der Waals surface area contributed by atoms with Gasteiger partial charge < -0.3 is 19.3 Å². The van der Waals surface area contributed by atoms with Crippen molar-refractivity contribution in [3.63, 3.8) is 0 Å². The van der Waals surface area contributed by atoms with Gasteiger partial charge in [0.05, 0.1) is 14.2 Å². The monoisotopic (exact) mass is 336 g/mol. The zero-order valence-electron chi connectivity index (χ0n) is 15.3. The van der Waals surface area contributed by atoms with E-state index in [1.165, 1.54) is 6.92 Å². The van der Waals surface area contributed by atoms with E-state index >= 15 is 0 Å². The van der Waals surface area contributed by atoms with Gasteiger partial charge in [0, 0.05) is 45.2 Å². The zero-order valence-corrected chi connectivity index (χ0v) is 15.3. The normalized spacial score (nSPS) is 10.2. The molecule has 6 heteroatoms. The molecular formula is C18H28N2O4. The number of carbonyl (C=O) groups excluding carboxylic acids is 2. The van der Waals surface area contributed by atoms with Crippen LogP contribution in [0.5, 0.6) is 11.5 Å². The molecule has 0 unspecified atom stereocenters. The molecule has 1 aromatic rings. The van der Waals surface area contributed by atoms with E-state index in [-0.39, 0.29) is 18.2 Å². The Hall–Kier alpha value is -2.24. The fourth-order valence-corrected chi connectivity index (χ4v) is 2.38. The van der Waals surface area contributed by atoms with E-state index in [2.05, 4.69) is 6.92 Å².